The summed E-state index contributed by atoms with van der Waals surface area (Å²) in [4.78, 5) is 6.06. The first-order valence-corrected chi connectivity index (χ1v) is 8.59. The number of rotatable bonds is 4. The van der Waals surface area contributed by atoms with Crippen molar-refractivity contribution in [1.82, 2.24) is 0 Å². The molecule has 27 heavy (non-hydrogen) atoms. The topological polar surface area (TPSA) is 155 Å². The van der Waals surface area contributed by atoms with E-state index >= 15 is 0 Å². The highest BCUT2D eigenvalue weighted by Crippen LogP contribution is 2.13. The molecule has 0 N–H and O–H groups in total. The third-order valence-corrected chi connectivity index (χ3v) is 2.73. The molecule has 2 aromatic carbocycles. The number of ether oxygens (including phenoxy) is 2. The van der Waals surface area contributed by atoms with Gasteiger partial charge in [0.1, 0.15) is 0 Å². The Morgan fingerprint density at radius 1 is 0.778 bits per heavy atom. The van der Waals surface area contributed by atoms with Crippen molar-refractivity contribution in [3.63, 3.8) is 0 Å². The van der Waals surface area contributed by atoms with Gasteiger partial charge in [0.05, 0.1) is 13.2 Å². The largest absolute Gasteiger partial charge is 0.759 e. The maximum absolute atomic E-state index is 8.52. The van der Waals surface area contributed by atoms with Crippen molar-refractivity contribution in [2.24, 2.45) is 0 Å². The second-order valence-corrected chi connectivity index (χ2v) is 5.62. The lowest BCUT2D eigenvalue weighted by Crippen LogP contribution is -1.91. The first-order valence-electron chi connectivity index (χ1n) is 7.26. The molecule has 0 radical (unpaired) electrons. The first-order chi connectivity index (χ1) is 12.7. The van der Waals surface area contributed by atoms with E-state index in [-0.39, 0.29) is 0 Å². The van der Waals surface area contributed by atoms with Gasteiger partial charge < -0.3 is 18.6 Å². The Morgan fingerprint density at radius 3 is 1.22 bits per heavy atom. The molecule has 0 saturated heterocycles. The highest BCUT2D eigenvalue weighted by Gasteiger charge is 2.02. The van der Waals surface area contributed by atoms with Crippen LogP contribution in [-0.4, -0.2) is 31.7 Å². The average molecular weight is 394 g/mol. The second-order valence-electron chi connectivity index (χ2n) is 4.81. The maximum Gasteiger partial charge on any atom is 0.385 e. The lowest BCUT2D eigenvalue weighted by molar-refractivity contribution is 0.185. The third kappa shape index (κ3) is 14.0. The van der Waals surface area contributed by atoms with Gasteiger partial charge in [-0.2, -0.15) is 0 Å². The van der Waals surface area contributed by atoms with Crippen LogP contribution in [0.15, 0.2) is 48.5 Å². The summed E-state index contributed by atoms with van der Waals surface area (Å²) < 4.78 is 43.9. The smallest absolute Gasteiger partial charge is 0.385 e. The molecular formula is C16H18N4O6S. The van der Waals surface area contributed by atoms with Gasteiger partial charge in [-0.05, 0) is 35.4 Å². The number of diazo groups is 2. The van der Waals surface area contributed by atoms with Crippen molar-refractivity contribution in [3.8, 4) is 0 Å². The van der Waals surface area contributed by atoms with E-state index in [0.29, 0.717) is 24.6 Å². The maximum atomic E-state index is 8.52. The van der Waals surface area contributed by atoms with Crippen molar-refractivity contribution in [2.75, 3.05) is 14.2 Å². The normalized spacial score (nSPS) is 9.56. The molecule has 0 amide bonds. The highest BCUT2D eigenvalue weighted by atomic mass is 32.3. The number of methoxy groups -OCH3 is 2. The summed E-state index contributed by atoms with van der Waals surface area (Å²) in [6, 6.07) is 14.4. The van der Waals surface area contributed by atoms with E-state index in [4.69, 9.17) is 37.8 Å². The van der Waals surface area contributed by atoms with E-state index in [1.54, 1.807) is 38.5 Å². The molecule has 0 bridgehead atoms. The number of hydrogen-bond acceptors (Lipinski definition) is 8. The third-order valence-electron chi connectivity index (χ3n) is 2.73. The first kappa shape index (κ1) is 24.1. The zero-order chi connectivity index (χ0) is 20.7. The van der Waals surface area contributed by atoms with Crippen LogP contribution in [0.2, 0.25) is 0 Å². The SMILES string of the molecule is COCc1ccc([N+]#N)cc1.COCc1ccc([N+]#N)cc1.O=S(=O)([O-])[O-]. The lowest BCUT2D eigenvalue weighted by Gasteiger charge is -2.06. The van der Waals surface area contributed by atoms with Gasteiger partial charge >= 0.3 is 11.4 Å². The molecule has 0 heterocycles. The Labute approximate surface area is 157 Å². The fraction of sp³-hybridized carbons (Fsp3) is 0.250. The molecule has 0 aliphatic carbocycles. The van der Waals surface area contributed by atoms with Crippen LogP contribution in [0.4, 0.5) is 11.4 Å². The van der Waals surface area contributed by atoms with Crippen LogP contribution in [0.1, 0.15) is 11.1 Å². The minimum absolute atomic E-state index is 0.560. The van der Waals surface area contributed by atoms with Crippen molar-refractivity contribution < 1.29 is 27.0 Å². The molecule has 10 nitrogen and oxygen atoms in total. The predicted octanol–water partition coefficient (Wildman–Crippen LogP) is 3.30. The molecule has 0 fully saturated rings. The van der Waals surface area contributed by atoms with Gasteiger partial charge in [0.2, 0.25) is 10.8 Å². The fourth-order valence-electron chi connectivity index (χ4n) is 1.65. The van der Waals surface area contributed by atoms with Crippen LogP contribution < -0.4 is 0 Å². The average Bonchev–Trinajstić information content (AvgIpc) is 2.63. The van der Waals surface area contributed by atoms with Crippen LogP contribution in [0, 0.1) is 10.8 Å². The van der Waals surface area contributed by atoms with Gasteiger partial charge in [-0.15, -0.1) is 0 Å². The van der Waals surface area contributed by atoms with Crippen molar-refractivity contribution in [1.29, 1.82) is 10.8 Å². The molecule has 0 spiro atoms. The molecule has 0 aliphatic heterocycles. The molecule has 0 atom stereocenters. The highest BCUT2D eigenvalue weighted by molar-refractivity contribution is 7.79. The summed E-state index contributed by atoms with van der Waals surface area (Å²) in [5.74, 6) is 0. The Morgan fingerprint density at radius 2 is 1.04 bits per heavy atom. The molecule has 2 rings (SSSR count). The summed E-state index contributed by atoms with van der Waals surface area (Å²) in [6.45, 7) is 1.18. The van der Waals surface area contributed by atoms with Gasteiger partial charge in [0.15, 0.2) is 9.95 Å². The van der Waals surface area contributed by atoms with Crippen molar-refractivity contribution in [2.45, 2.75) is 13.2 Å². The summed E-state index contributed by atoms with van der Waals surface area (Å²) in [5.41, 5.74) is 3.26. The summed E-state index contributed by atoms with van der Waals surface area (Å²) in [7, 11) is -1.88. The monoisotopic (exact) mass is 394 g/mol. The van der Waals surface area contributed by atoms with E-state index in [1.807, 2.05) is 24.3 Å². The Hall–Kier alpha value is -2.93. The molecule has 2 aromatic rings. The van der Waals surface area contributed by atoms with Gasteiger partial charge in [0, 0.05) is 48.9 Å². The molecule has 0 aromatic heterocycles. The zero-order valence-electron chi connectivity index (χ0n) is 14.7. The van der Waals surface area contributed by atoms with Crippen molar-refractivity contribution >= 4 is 21.8 Å². The van der Waals surface area contributed by atoms with Crippen LogP contribution in [0.5, 0.6) is 0 Å². The van der Waals surface area contributed by atoms with Gasteiger partial charge in [-0.3, -0.25) is 8.42 Å². The van der Waals surface area contributed by atoms with Crippen LogP contribution in [0.25, 0.3) is 9.95 Å². The van der Waals surface area contributed by atoms with Crippen LogP contribution in [0.3, 0.4) is 0 Å². The number of benzene rings is 2. The molecule has 0 aliphatic rings. The van der Waals surface area contributed by atoms with E-state index in [1.165, 1.54) is 0 Å². The Balaban J connectivity index is 0.000000405. The molecule has 0 saturated carbocycles. The van der Waals surface area contributed by atoms with Gasteiger partial charge in [-0.1, -0.05) is 0 Å². The van der Waals surface area contributed by atoms with E-state index in [9.17, 15) is 0 Å². The zero-order valence-corrected chi connectivity index (χ0v) is 15.5. The minimum atomic E-state index is -5.17. The predicted molar refractivity (Wildman–Crippen MR) is 94.3 cm³/mol. The molecule has 144 valence electrons. The summed E-state index contributed by atoms with van der Waals surface area (Å²) in [6.07, 6.45) is 0. The quantitative estimate of drug-likeness (QED) is 0.434. The minimum Gasteiger partial charge on any atom is -0.759 e. The summed E-state index contributed by atoms with van der Waals surface area (Å²) >= 11 is 0. The molecule has 0 unspecified atom stereocenters. The van der Waals surface area contributed by atoms with E-state index < -0.39 is 10.4 Å². The number of nitrogens with zero attached hydrogens (tertiary/aromatic N) is 4. The van der Waals surface area contributed by atoms with E-state index in [0.717, 1.165) is 11.1 Å². The standard InChI is InChI=1S/2C8H9N2O.H2O4S/c2*1-11-6-7-2-4-8(10-9)5-3-7;1-5(2,3)4/h2*2-5H,6H2,1H3;(H2,1,2,3,4)/q2*+1;/p-2. The summed E-state index contributed by atoms with van der Waals surface area (Å²) in [5, 5.41) is 16.7. The number of hydrogen-bond donors (Lipinski definition) is 0. The fourth-order valence-corrected chi connectivity index (χ4v) is 1.65. The van der Waals surface area contributed by atoms with Gasteiger partial charge in [0.25, 0.3) is 0 Å². The molecule has 11 heteroatoms. The van der Waals surface area contributed by atoms with E-state index in [2.05, 4.69) is 9.95 Å². The second kappa shape index (κ2) is 13.3. The Kier molecular flexibility index (Phi) is 11.9. The van der Waals surface area contributed by atoms with Gasteiger partial charge in [-0.25, -0.2) is 0 Å². The van der Waals surface area contributed by atoms with Crippen LogP contribution in [-0.2, 0) is 33.1 Å². The molecular weight excluding hydrogens is 376 g/mol. The van der Waals surface area contributed by atoms with Crippen LogP contribution >= 0.6 is 0 Å². The lowest BCUT2D eigenvalue weighted by atomic mass is 10.2. The van der Waals surface area contributed by atoms with Crippen molar-refractivity contribution in [3.05, 3.63) is 69.6 Å². The Bertz CT molecular complexity index is 788.